The summed E-state index contributed by atoms with van der Waals surface area (Å²) in [5.74, 6) is -0.533. The number of unbranched alkanes of at least 4 members (excludes halogenated alkanes) is 25. The third-order valence-corrected chi connectivity index (χ3v) is 11.8. The van der Waals surface area contributed by atoms with Crippen LogP contribution < -0.4 is 5.32 Å². The second-order valence-electron chi connectivity index (χ2n) is 18.0. The summed E-state index contributed by atoms with van der Waals surface area (Å²) in [5.41, 5.74) is 0. The fraction of sp³-hybridized carbons (Fsp3) is 0.754. The van der Waals surface area contributed by atoms with Gasteiger partial charge in [-0.3, -0.25) is 9.59 Å². The molecule has 0 rings (SSSR count). The first-order valence-corrected chi connectivity index (χ1v) is 26.7. The van der Waals surface area contributed by atoms with E-state index in [1.165, 1.54) is 109 Å². The Morgan fingerprint density at radius 1 is 0.476 bits per heavy atom. The largest absolute Gasteiger partial charge is 0.462 e. The molecule has 0 aliphatic heterocycles. The third-order valence-electron chi connectivity index (χ3n) is 11.8. The number of ether oxygens (including phenoxy) is 1. The molecule has 0 spiro atoms. The molecule has 3 unspecified atom stereocenters. The second kappa shape index (κ2) is 50.3. The topological polar surface area (TPSA) is 95.9 Å². The van der Waals surface area contributed by atoms with Crippen LogP contribution in [0.3, 0.4) is 0 Å². The van der Waals surface area contributed by atoms with Gasteiger partial charge in [-0.15, -0.1) is 0 Å². The van der Waals surface area contributed by atoms with E-state index in [4.69, 9.17) is 4.74 Å². The minimum Gasteiger partial charge on any atom is -0.462 e. The highest BCUT2D eigenvalue weighted by Gasteiger charge is 2.24. The lowest BCUT2D eigenvalue weighted by molar-refractivity contribution is -0.151. The Hall–Kier alpha value is -2.70. The maximum Gasteiger partial charge on any atom is 0.306 e. The molecule has 3 N–H and O–H groups in total. The summed E-state index contributed by atoms with van der Waals surface area (Å²) < 4.78 is 5.92. The van der Waals surface area contributed by atoms with Crippen molar-refractivity contribution in [3.8, 4) is 0 Å². The molecule has 6 nitrogen and oxygen atoms in total. The number of carbonyl (C=O) groups is 2. The van der Waals surface area contributed by atoms with Crippen LogP contribution in [0, 0.1) is 0 Å². The molecule has 0 bridgehead atoms. The number of esters is 1. The summed E-state index contributed by atoms with van der Waals surface area (Å²) in [6, 6.07) is -0.720. The predicted octanol–water partition coefficient (Wildman–Crippen LogP) is 16.2. The van der Waals surface area contributed by atoms with Crippen molar-refractivity contribution < 1.29 is 24.5 Å². The zero-order chi connectivity index (χ0) is 45.9. The molecule has 1 amide bonds. The van der Waals surface area contributed by atoms with Crippen molar-refractivity contribution in [2.45, 2.75) is 270 Å². The van der Waals surface area contributed by atoms with E-state index in [2.05, 4.69) is 99.0 Å². The quantitative estimate of drug-likeness (QED) is 0.0245. The number of amides is 1. The molecule has 0 aliphatic rings. The van der Waals surface area contributed by atoms with Crippen LogP contribution in [0.4, 0.5) is 0 Å². The van der Waals surface area contributed by atoms with Crippen LogP contribution in [0.2, 0.25) is 0 Å². The van der Waals surface area contributed by atoms with Crippen LogP contribution in [-0.4, -0.2) is 46.9 Å². The summed E-state index contributed by atoms with van der Waals surface area (Å²) in [6.07, 6.45) is 63.8. The van der Waals surface area contributed by atoms with E-state index in [0.29, 0.717) is 19.3 Å². The fourth-order valence-corrected chi connectivity index (χ4v) is 7.73. The van der Waals surface area contributed by atoms with Crippen LogP contribution in [0.25, 0.3) is 0 Å². The molecule has 0 aliphatic carbocycles. The molecule has 364 valence electrons. The SMILES string of the molecule is CCCCC/C=C\C/C=C\C/C=C\CCCCCCC(=O)OC(CCCCC/C=C/C=C/C=C/CCCCCCC)CC(=O)NC(CO)C(O)CCCCCCCCCCCCC. The Labute approximate surface area is 390 Å². The van der Waals surface area contributed by atoms with E-state index >= 15 is 0 Å². The molecular formula is C57H101NO5. The third kappa shape index (κ3) is 45.7. The highest BCUT2D eigenvalue weighted by Crippen LogP contribution is 2.17. The summed E-state index contributed by atoms with van der Waals surface area (Å²) in [5, 5.41) is 23.7. The molecule has 6 heteroatoms. The number of aliphatic hydroxyl groups is 2. The molecule has 63 heavy (non-hydrogen) atoms. The molecule has 0 aromatic rings. The number of carbonyl (C=O) groups excluding carboxylic acids is 2. The van der Waals surface area contributed by atoms with E-state index in [0.717, 1.165) is 96.3 Å². The van der Waals surface area contributed by atoms with Gasteiger partial charge in [0.25, 0.3) is 0 Å². The van der Waals surface area contributed by atoms with Crippen LogP contribution in [0.15, 0.2) is 72.9 Å². The molecule has 3 atom stereocenters. The maximum atomic E-state index is 13.2. The normalized spacial score (nSPS) is 13.8. The minimum absolute atomic E-state index is 0.0433. The van der Waals surface area contributed by atoms with Gasteiger partial charge >= 0.3 is 5.97 Å². The number of aliphatic hydroxyl groups excluding tert-OH is 2. The highest BCUT2D eigenvalue weighted by molar-refractivity contribution is 5.77. The number of rotatable bonds is 47. The number of allylic oxidation sites excluding steroid dienone is 12. The number of hydrogen-bond donors (Lipinski definition) is 3. The van der Waals surface area contributed by atoms with Crippen molar-refractivity contribution in [1.29, 1.82) is 0 Å². The Morgan fingerprint density at radius 3 is 1.40 bits per heavy atom. The van der Waals surface area contributed by atoms with Crippen LogP contribution >= 0.6 is 0 Å². The van der Waals surface area contributed by atoms with Crippen molar-refractivity contribution in [2.75, 3.05) is 6.61 Å². The number of hydrogen-bond acceptors (Lipinski definition) is 5. The van der Waals surface area contributed by atoms with E-state index in [1.807, 2.05) is 0 Å². The first-order chi connectivity index (χ1) is 31.0. The molecular weight excluding hydrogens is 779 g/mol. The van der Waals surface area contributed by atoms with Crippen LogP contribution in [0.1, 0.15) is 252 Å². The summed E-state index contributed by atoms with van der Waals surface area (Å²) >= 11 is 0. The Bertz CT molecular complexity index is 1170. The summed E-state index contributed by atoms with van der Waals surface area (Å²) in [6.45, 7) is 6.42. The van der Waals surface area contributed by atoms with Gasteiger partial charge in [0.05, 0.1) is 25.2 Å². The number of nitrogens with one attached hydrogen (secondary N) is 1. The Kier molecular flexibility index (Phi) is 48.1. The second-order valence-corrected chi connectivity index (χ2v) is 18.0. The van der Waals surface area contributed by atoms with Gasteiger partial charge in [0.15, 0.2) is 0 Å². The molecule has 0 radical (unpaired) electrons. The molecule has 0 aromatic heterocycles. The van der Waals surface area contributed by atoms with Gasteiger partial charge in [0.2, 0.25) is 5.91 Å². The van der Waals surface area contributed by atoms with E-state index in [9.17, 15) is 19.8 Å². The molecule has 0 fully saturated rings. The van der Waals surface area contributed by atoms with Gasteiger partial charge < -0.3 is 20.3 Å². The zero-order valence-corrected chi connectivity index (χ0v) is 41.4. The Morgan fingerprint density at radius 2 is 0.873 bits per heavy atom. The van der Waals surface area contributed by atoms with E-state index in [1.54, 1.807) is 0 Å². The van der Waals surface area contributed by atoms with Crippen molar-refractivity contribution in [1.82, 2.24) is 5.32 Å². The molecule has 0 aromatic carbocycles. The van der Waals surface area contributed by atoms with Crippen molar-refractivity contribution in [3.63, 3.8) is 0 Å². The predicted molar refractivity (Wildman–Crippen MR) is 273 cm³/mol. The molecule has 0 saturated heterocycles. The minimum atomic E-state index is -0.803. The van der Waals surface area contributed by atoms with Gasteiger partial charge in [0.1, 0.15) is 6.10 Å². The summed E-state index contributed by atoms with van der Waals surface area (Å²) in [7, 11) is 0. The zero-order valence-electron chi connectivity index (χ0n) is 41.4. The van der Waals surface area contributed by atoms with Gasteiger partial charge in [-0.1, -0.05) is 222 Å². The summed E-state index contributed by atoms with van der Waals surface area (Å²) in [4.78, 5) is 26.2. The first-order valence-electron chi connectivity index (χ1n) is 26.7. The van der Waals surface area contributed by atoms with Crippen molar-refractivity contribution in [3.05, 3.63) is 72.9 Å². The molecule has 0 heterocycles. The lowest BCUT2D eigenvalue weighted by Gasteiger charge is -2.24. The van der Waals surface area contributed by atoms with Gasteiger partial charge in [-0.25, -0.2) is 0 Å². The van der Waals surface area contributed by atoms with Gasteiger partial charge in [0, 0.05) is 6.42 Å². The lowest BCUT2D eigenvalue weighted by atomic mass is 10.0. The highest BCUT2D eigenvalue weighted by atomic mass is 16.5. The monoisotopic (exact) mass is 880 g/mol. The van der Waals surface area contributed by atoms with Crippen LogP contribution in [0.5, 0.6) is 0 Å². The fourth-order valence-electron chi connectivity index (χ4n) is 7.73. The average Bonchev–Trinajstić information content (AvgIpc) is 3.28. The van der Waals surface area contributed by atoms with E-state index in [-0.39, 0.29) is 24.9 Å². The lowest BCUT2D eigenvalue weighted by Crippen LogP contribution is -2.46. The Balaban J connectivity index is 4.71. The molecule has 0 saturated carbocycles. The first kappa shape index (κ1) is 60.3. The maximum absolute atomic E-state index is 13.2. The smallest absolute Gasteiger partial charge is 0.306 e. The van der Waals surface area contributed by atoms with Gasteiger partial charge in [-0.05, 0) is 89.9 Å². The standard InChI is InChI=1S/C57H101NO5/c1-4-7-10-13-16-19-22-24-26-28-30-32-35-38-41-44-47-50-57(62)63-53(48-45-42-39-36-34-31-29-27-25-23-20-17-14-11-8-5-2)51-56(61)58-54(52-59)55(60)49-46-43-40-37-33-21-18-15-12-9-6-3/h16,19,23-27,29-32,34,53-55,59-60H,4-15,17-18,20-22,28,33,35-52H2,1-3H3,(H,58,61)/b19-16-,25-23+,26-24-,29-27+,32-30-,34-31+. The van der Waals surface area contributed by atoms with Gasteiger partial charge in [-0.2, -0.15) is 0 Å². The van der Waals surface area contributed by atoms with Crippen LogP contribution in [-0.2, 0) is 14.3 Å². The van der Waals surface area contributed by atoms with E-state index < -0.39 is 18.2 Å². The van der Waals surface area contributed by atoms with Crippen molar-refractivity contribution in [2.24, 2.45) is 0 Å². The van der Waals surface area contributed by atoms with Crippen molar-refractivity contribution >= 4 is 11.9 Å². The average molecular weight is 880 g/mol.